The quantitative estimate of drug-likeness (QED) is 0.700. The van der Waals surface area contributed by atoms with E-state index in [0.717, 1.165) is 35.2 Å². The van der Waals surface area contributed by atoms with Crippen LogP contribution in [0, 0.1) is 5.92 Å². The van der Waals surface area contributed by atoms with E-state index in [0.29, 0.717) is 18.0 Å². The van der Waals surface area contributed by atoms with Crippen LogP contribution in [0.1, 0.15) is 56.7 Å². The number of aromatic nitrogens is 3. The molecule has 3 aliphatic carbocycles. The topological polar surface area (TPSA) is 68.2 Å². The second-order valence-electron chi connectivity index (χ2n) is 8.06. The zero-order chi connectivity index (χ0) is 16.5. The lowest BCUT2D eigenvalue weighted by Gasteiger charge is -2.34. The molecule has 144 valence electrons. The van der Waals surface area contributed by atoms with Gasteiger partial charge in [0, 0.05) is 23.1 Å². The number of fused-ring (bicyclic) bond motifs is 3. The Balaban J connectivity index is 0.000000980. The van der Waals surface area contributed by atoms with Gasteiger partial charge in [-0.15, -0.1) is 24.8 Å². The molecule has 3 aliphatic rings. The first-order valence-corrected chi connectivity index (χ1v) is 9.96. The van der Waals surface area contributed by atoms with Crippen molar-refractivity contribution in [1.29, 1.82) is 0 Å². The van der Waals surface area contributed by atoms with Gasteiger partial charge in [-0.25, -0.2) is 4.98 Å². The van der Waals surface area contributed by atoms with E-state index in [1.54, 1.807) is 0 Å². The van der Waals surface area contributed by atoms with Crippen LogP contribution >= 0.6 is 40.7 Å². The average molecular weight is 463 g/mol. The summed E-state index contributed by atoms with van der Waals surface area (Å²) in [6.07, 6.45) is 10.3. The fourth-order valence-electron chi connectivity index (χ4n) is 5.20. The highest BCUT2D eigenvalue weighted by molar-refractivity contribution is 9.10. The van der Waals surface area contributed by atoms with Gasteiger partial charge in [0.2, 0.25) is 0 Å². The molecule has 1 spiro atoms. The first-order valence-electron chi connectivity index (χ1n) is 9.17. The molecule has 1 atom stereocenters. The largest absolute Gasteiger partial charge is 0.367 e. The van der Waals surface area contributed by atoms with Crippen molar-refractivity contribution < 1.29 is 0 Å². The second-order valence-corrected chi connectivity index (χ2v) is 8.91. The van der Waals surface area contributed by atoms with Gasteiger partial charge in [0.25, 0.3) is 0 Å². The molecular weight excluding hydrogens is 437 g/mol. The third-order valence-corrected chi connectivity index (χ3v) is 7.20. The molecule has 2 aromatic heterocycles. The number of hydrogen-bond donors (Lipinski definition) is 2. The summed E-state index contributed by atoms with van der Waals surface area (Å²) in [6, 6.07) is 0.811. The fourth-order valence-corrected chi connectivity index (χ4v) is 5.54. The number of nitrogens with one attached hydrogen (secondary N) is 1. The summed E-state index contributed by atoms with van der Waals surface area (Å²) in [5.41, 5.74) is 9.95. The Morgan fingerprint density at radius 2 is 1.96 bits per heavy atom. The van der Waals surface area contributed by atoms with E-state index in [-0.39, 0.29) is 30.2 Å². The van der Waals surface area contributed by atoms with E-state index in [1.807, 2.05) is 10.7 Å². The lowest BCUT2D eigenvalue weighted by atomic mass is 9.76. The third-order valence-electron chi connectivity index (χ3n) is 6.64. The number of rotatable bonds is 2. The Bertz CT molecular complexity index is 812. The van der Waals surface area contributed by atoms with Gasteiger partial charge in [-0.1, -0.05) is 19.8 Å². The van der Waals surface area contributed by atoms with E-state index < -0.39 is 0 Å². The Labute approximate surface area is 174 Å². The van der Waals surface area contributed by atoms with Crippen molar-refractivity contribution in [3.63, 3.8) is 0 Å². The van der Waals surface area contributed by atoms with Gasteiger partial charge in [0.15, 0.2) is 5.65 Å². The molecule has 0 radical (unpaired) electrons. The predicted octanol–water partition coefficient (Wildman–Crippen LogP) is 4.24. The number of nitrogens with zero attached hydrogens (tertiary/aromatic N) is 3. The summed E-state index contributed by atoms with van der Waals surface area (Å²) in [7, 11) is 0. The van der Waals surface area contributed by atoms with Crippen molar-refractivity contribution in [3.05, 3.63) is 21.9 Å². The minimum Gasteiger partial charge on any atom is -0.367 e. The van der Waals surface area contributed by atoms with E-state index in [1.165, 1.54) is 36.9 Å². The van der Waals surface area contributed by atoms with Gasteiger partial charge in [0.1, 0.15) is 5.82 Å². The van der Waals surface area contributed by atoms with Crippen molar-refractivity contribution >= 4 is 52.2 Å². The molecule has 0 aliphatic heterocycles. The zero-order valence-corrected chi connectivity index (χ0v) is 18.1. The van der Waals surface area contributed by atoms with Crippen LogP contribution in [0.5, 0.6) is 0 Å². The SMILES string of the molecule is CC1Cc2c(nc3c(Br)cnn3c2NC2CC(N)C2)C12CCCC2.Cl.Cl. The number of halogens is 3. The summed E-state index contributed by atoms with van der Waals surface area (Å²) >= 11 is 3.63. The van der Waals surface area contributed by atoms with Gasteiger partial charge in [-0.2, -0.15) is 9.61 Å². The molecule has 2 heterocycles. The highest BCUT2D eigenvalue weighted by Gasteiger charge is 2.49. The van der Waals surface area contributed by atoms with Crippen LogP contribution in [0.3, 0.4) is 0 Å². The maximum atomic E-state index is 5.99. The summed E-state index contributed by atoms with van der Waals surface area (Å²) in [6.45, 7) is 2.41. The van der Waals surface area contributed by atoms with Gasteiger partial charge in [-0.3, -0.25) is 0 Å². The van der Waals surface area contributed by atoms with Crippen molar-refractivity contribution in [2.45, 2.75) is 69.4 Å². The Morgan fingerprint density at radius 1 is 1.27 bits per heavy atom. The normalized spacial score (nSPS) is 28.3. The smallest absolute Gasteiger partial charge is 0.171 e. The molecule has 2 aromatic rings. The van der Waals surface area contributed by atoms with E-state index >= 15 is 0 Å². The molecule has 1 unspecified atom stereocenters. The molecule has 5 rings (SSSR count). The van der Waals surface area contributed by atoms with Crippen molar-refractivity contribution in [3.8, 4) is 0 Å². The predicted molar refractivity (Wildman–Crippen MR) is 113 cm³/mol. The molecule has 0 amide bonds. The number of anilines is 1. The average Bonchev–Trinajstić information content (AvgIpc) is 3.21. The lowest BCUT2D eigenvalue weighted by molar-refractivity contribution is 0.316. The van der Waals surface area contributed by atoms with Crippen LogP contribution in [0.25, 0.3) is 5.65 Å². The van der Waals surface area contributed by atoms with Crippen LogP contribution in [0.15, 0.2) is 10.7 Å². The van der Waals surface area contributed by atoms with Crippen molar-refractivity contribution in [2.75, 3.05) is 5.32 Å². The van der Waals surface area contributed by atoms with Crippen molar-refractivity contribution in [2.24, 2.45) is 11.7 Å². The Morgan fingerprint density at radius 3 is 2.62 bits per heavy atom. The highest BCUT2D eigenvalue weighted by Crippen LogP contribution is 2.54. The van der Waals surface area contributed by atoms with Crippen LogP contribution in [0.2, 0.25) is 0 Å². The molecule has 5 nitrogen and oxygen atoms in total. The third kappa shape index (κ3) is 2.76. The number of hydrogen-bond acceptors (Lipinski definition) is 4. The second kappa shape index (κ2) is 7.12. The van der Waals surface area contributed by atoms with Gasteiger partial charge in [0.05, 0.1) is 16.4 Å². The van der Waals surface area contributed by atoms with Crippen LogP contribution in [-0.2, 0) is 11.8 Å². The van der Waals surface area contributed by atoms with Crippen LogP contribution in [-0.4, -0.2) is 26.7 Å². The molecule has 2 saturated carbocycles. The van der Waals surface area contributed by atoms with E-state index in [9.17, 15) is 0 Å². The number of nitrogens with two attached hydrogens (primary N) is 1. The molecule has 26 heavy (non-hydrogen) atoms. The minimum absolute atomic E-state index is 0. The maximum absolute atomic E-state index is 5.99. The fraction of sp³-hybridized carbons (Fsp3) is 0.667. The summed E-state index contributed by atoms with van der Waals surface area (Å²) in [4.78, 5) is 5.12. The van der Waals surface area contributed by atoms with Gasteiger partial charge in [-0.05, 0) is 54.0 Å². The highest BCUT2D eigenvalue weighted by atomic mass is 79.9. The molecule has 8 heteroatoms. The zero-order valence-electron chi connectivity index (χ0n) is 14.9. The molecule has 3 N–H and O–H groups in total. The van der Waals surface area contributed by atoms with E-state index in [2.05, 4.69) is 33.3 Å². The van der Waals surface area contributed by atoms with Crippen LogP contribution in [0.4, 0.5) is 5.82 Å². The standard InChI is InChI=1S/C18H24BrN5.2ClH/c1-10-6-13-15(18(10)4-2-3-5-18)23-17-14(19)9-21-24(17)16(13)22-12-7-11(20)8-12;;/h9-12,22H,2-8,20H2,1H3;2*1H. The van der Waals surface area contributed by atoms with E-state index in [4.69, 9.17) is 10.7 Å². The Kier molecular flexibility index (Phi) is 5.52. The molecule has 0 bridgehead atoms. The Hall–Kier alpha value is -0.560. The first-order chi connectivity index (χ1) is 11.6. The minimum atomic E-state index is 0. The first kappa shape index (κ1) is 20.2. The van der Waals surface area contributed by atoms with Crippen LogP contribution < -0.4 is 11.1 Å². The summed E-state index contributed by atoms with van der Waals surface area (Å²) < 4.78 is 2.97. The monoisotopic (exact) mass is 461 g/mol. The molecule has 2 fully saturated rings. The molecule has 0 saturated heterocycles. The maximum Gasteiger partial charge on any atom is 0.171 e. The van der Waals surface area contributed by atoms with Gasteiger partial charge < -0.3 is 11.1 Å². The van der Waals surface area contributed by atoms with Crippen molar-refractivity contribution in [1.82, 2.24) is 14.6 Å². The molecule has 0 aromatic carbocycles. The summed E-state index contributed by atoms with van der Waals surface area (Å²) in [5.74, 6) is 1.82. The molecular formula is C18H26BrCl2N5. The summed E-state index contributed by atoms with van der Waals surface area (Å²) in [5, 5.41) is 8.33. The van der Waals surface area contributed by atoms with Gasteiger partial charge >= 0.3 is 0 Å². The lowest BCUT2D eigenvalue weighted by Crippen LogP contribution is -2.45.